The fraction of sp³-hybridized carbons (Fsp3) is 0.370. The summed E-state index contributed by atoms with van der Waals surface area (Å²) in [6.07, 6.45) is 8.35. The average Bonchev–Trinajstić information content (AvgIpc) is 3.69. The number of nitrogens with one attached hydrogen (secondary N) is 1. The second-order valence-electron chi connectivity index (χ2n) is 9.90. The first-order valence-corrected chi connectivity index (χ1v) is 13.4. The highest BCUT2D eigenvalue weighted by Crippen LogP contribution is 2.28. The molecule has 6 heterocycles. The number of ether oxygens (including phenoxy) is 1. The summed E-state index contributed by atoms with van der Waals surface area (Å²) in [4.78, 5) is 34.4. The van der Waals surface area contributed by atoms with Crippen molar-refractivity contribution in [3.63, 3.8) is 0 Å². The van der Waals surface area contributed by atoms with Crippen molar-refractivity contribution in [3.8, 4) is 28.6 Å². The fourth-order valence-electron chi connectivity index (χ4n) is 5.08. The number of carboxylic acid groups (broad SMARTS) is 1. The number of hydrogen-bond acceptors (Lipinski definition) is 8. The first-order chi connectivity index (χ1) is 19.5. The van der Waals surface area contributed by atoms with E-state index in [9.17, 15) is 14.7 Å². The molecule has 2 amide bonds. The average molecular weight is 544 g/mol. The van der Waals surface area contributed by atoms with E-state index in [-0.39, 0.29) is 24.6 Å². The van der Waals surface area contributed by atoms with Crippen LogP contribution in [0.2, 0.25) is 0 Å². The Morgan fingerprint density at radius 1 is 1.02 bits per heavy atom. The number of amides is 2. The molecule has 13 nitrogen and oxygen atoms in total. The molecule has 0 radical (unpaired) electrons. The number of pyridine rings is 2. The van der Waals surface area contributed by atoms with Crippen LogP contribution in [-0.2, 0) is 9.53 Å². The maximum Gasteiger partial charge on any atom is 0.407 e. The summed E-state index contributed by atoms with van der Waals surface area (Å²) in [7, 11) is 0. The SMILES string of the molecule is O=C(Nc1ccc(-n2cc(-c3cccc(-c4ccnn4C4CCCCO4)n3)nn2)nc1)[C@H]1CCCN(C(=O)O)C1. The van der Waals surface area contributed by atoms with Gasteiger partial charge in [0, 0.05) is 25.9 Å². The minimum Gasteiger partial charge on any atom is -0.465 e. The number of nitrogens with zero attached hydrogens (tertiary/aromatic N) is 8. The van der Waals surface area contributed by atoms with Gasteiger partial charge in [0.15, 0.2) is 12.0 Å². The molecular weight excluding hydrogens is 514 g/mol. The molecule has 2 atom stereocenters. The molecule has 6 rings (SSSR count). The van der Waals surface area contributed by atoms with Crippen LogP contribution in [0.15, 0.2) is 55.0 Å². The molecule has 0 spiro atoms. The number of carbonyl (C=O) groups is 2. The molecule has 4 aromatic rings. The Labute approximate surface area is 229 Å². The summed E-state index contributed by atoms with van der Waals surface area (Å²) in [5.41, 5.74) is 3.41. The summed E-state index contributed by atoms with van der Waals surface area (Å²) in [5.74, 6) is -0.0828. The van der Waals surface area contributed by atoms with Gasteiger partial charge in [-0.1, -0.05) is 11.3 Å². The lowest BCUT2D eigenvalue weighted by molar-refractivity contribution is -0.121. The van der Waals surface area contributed by atoms with Gasteiger partial charge in [0.2, 0.25) is 5.91 Å². The van der Waals surface area contributed by atoms with Gasteiger partial charge in [0.05, 0.1) is 41.1 Å². The van der Waals surface area contributed by atoms with E-state index in [1.165, 1.54) is 4.90 Å². The molecule has 2 aliphatic heterocycles. The van der Waals surface area contributed by atoms with Gasteiger partial charge in [0.25, 0.3) is 0 Å². The van der Waals surface area contributed by atoms with Gasteiger partial charge in [0.1, 0.15) is 5.69 Å². The topological polar surface area (TPSA) is 153 Å². The molecule has 4 aromatic heterocycles. The second-order valence-corrected chi connectivity index (χ2v) is 9.90. The number of rotatable bonds is 6. The summed E-state index contributed by atoms with van der Waals surface area (Å²) in [6, 6.07) is 11.1. The van der Waals surface area contributed by atoms with Crippen LogP contribution in [0.4, 0.5) is 10.5 Å². The largest absolute Gasteiger partial charge is 0.465 e. The Balaban J connectivity index is 1.14. The van der Waals surface area contributed by atoms with Crippen molar-refractivity contribution in [2.24, 2.45) is 5.92 Å². The lowest BCUT2D eigenvalue weighted by Gasteiger charge is -2.29. The summed E-state index contributed by atoms with van der Waals surface area (Å²) in [6.45, 7) is 1.38. The lowest BCUT2D eigenvalue weighted by atomic mass is 9.97. The van der Waals surface area contributed by atoms with E-state index in [4.69, 9.17) is 9.72 Å². The molecule has 40 heavy (non-hydrogen) atoms. The van der Waals surface area contributed by atoms with Crippen LogP contribution in [0, 0.1) is 5.92 Å². The Bertz CT molecular complexity index is 1490. The van der Waals surface area contributed by atoms with Crippen molar-refractivity contribution in [2.75, 3.05) is 25.0 Å². The number of likely N-dealkylation sites (tertiary alicyclic amines) is 1. The van der Waals surface area contributed by atoms with E-state index in [2.05, 4.69) is 25.7 Å². The highest BCUT2D eigenvalue weighted by molar-refractivity contribution is 5.92. The molecule has 0 aromatic carbocycles. The van der Waals surface area contributed by atoms with Crippen molar-refractivity contribution in [1.82, 2.24) is 39.6 Å². The number of anilines is 1. The van der Waals surface area contributed by atoms with Crippen molar-refractivity contribution in [1.29, 1.82) is 0 Å². The van der Waals surface area contributed by atoms with E-state index in [0.717, 1.165) is 37.3 Å². The maximum atomic E-state index is 12.7. The van der Waals surface area contributed by atoms with E-state index in [1.807, 2.05) is 28.9 Å². The van der Waals surface area contributed by atoms with Gasteiger partial charge in [-0.3, -0.25) is 4.79 Å². The summed E-state index contributed by atoms with van der Waals surface area (Å²) in [5, 5.41) is 25.0. The van der Waals surface area contributed by atoms with E-state index in [0.29, 0.717) is 42.3 Å². The Kier molecular flexibility index (Phi) is 7.19. The predicted octanol–water partition coefficient (Wildman–Crippen LogP) is 3.62. The van der Waals surface area contributed by atoms with Crippen LogP contribution in [-0.4, -0.2) is 76.4 Å². The number of aromatic nitrogens is 7. The van der Waals surface area contributed by atoms with Gasteiger partial charge in [-0.05, 0) is 62.4 Å². The number of carbonyl (C=O) groups excluding carboxylic acids is 1. The van der Waals surface area contributed by atoms with E-state index >= 15 is 0 Å². The van der Waals surface area contributed by atoms with Crippen LogP contribution in [0.3, 0.4) is 0 Å². The molecule has 0 aliphatic carbocycles. The molecule has 2 N–H and O–H groups in total. The van der Waals surface area contributed by atoms with Crippen molar-refractivity contribution < 1.29 is 19.4 Å². The quantitative estimate of drug-likeness (QED) is 0.371. The van der Waals surface area contributed by atoms with E-state index in [1.54, 1.807) is 35.4 Å². The Morgan fingerprint density at radius 2 is 1.93 bits per heavy atom. The number of piperidine rings is 1. The molecule has 2 fully saturated rings. The van der Waals surface area contributed by atoms with Gasteiger partial charge in [-0.25, -0.2) is 24.1 Å². The van der Waals surface area contributed by atoms with E-state index < -0.39 is 6.09 Å². The monoisotopic (exact) mass is 543 g/mol. The van der Waals surface area contributed by atoms with Crippen LogP contribution in [0.1, 0.15) is 38.3 Å². The zero-order valence-electron chi connectivity index (χ0n) is 21.8. The molecule has 13 heteroatoms. The maximum absolute atomic E-state index is 12.7. The standard InChI is InChI=1S/C27H29N9O4/c37-26(18-5-4-13-34(16-18)27(38)39)30-19-9-10-24(28-15-19)35-17-22(32-33-35)20-6-3-7-21(31-20)23-11-12-29-36(23)25-8-1-2-14-40-25/h3,6-7,9-12,15,17-18,25H,1-2,4-5,8,13-14,16H2,(H,30,37)(H,38,39)/t18-,25?/m0/s1. The number of hydrogen-bond donors (Lipinski definition) is 2. The fourth-order valence-corrected chi connectivity index (χ4v) is 5.08. The lowest BCUT2D eigenvalue weighted by Crippen LogP contribution is -2.43. The van der Waals surface area contributed by atoms with Gasteiger partial charge in [-0.2, -0.15) is 5.10 Å². The van der Waals surface area contributed by atoms with Gasteiger partial charge < -0.3 is 20.1 Å². The van der Waals surface area contributed by atoms with Gasteiger partial charge >= 0.3 is 6.09 Å². The van der Waals surface area contributed by atoms with Crippen LogP contribution >= 0.6 is 0 Å². The third-order valence-electron chi connectivity index (χ3n) is 7.18. The third kappa shape index (κ3) is 5.41. The molecule has 1 unspecified atom stereocenters. The molecule has 2 saturated heterocycles. The molecule has 206 valence electrons. The Morgan fingerprint density at radius 3 is 2.73 bits per heavy atom. The highest BCUT2D eigenvalue weighted by Gasteiger charge is 2.28. The molecular formula is C27H29N9O4. The second kappa shape index (κ2) is 11.2. The summed E-state index contributed by atoms with van der Waals surface area (Å²) < 4.78 is 9.35. The van der Waals surface area contributed by atoms with Crippen LogP contribution in [0.25, 0.3) is 28.6 Å². The van der Waals surface area contributed by atoms with Gasteiger partial charge in [-0.15, -0.1) is 5.10 Å². The third-order valence-corrected chi connectivity index (χ3v) is 7.18. The first kappa shape index (κ1) is 25.6. The smallest absolute Gasteiger partial charge is 0.407 e. The molecule has 0 saturated carbocycles. The van der Waals surface area contributed by atoms with Crippen molar-refractivity contribution in [2.45, 2.75) is 38.3 Å². The predicted molar refractivity (Wildman–Crippen MR) is 143 cm³/mol. The Hall–Kier alpha value is -4.65. The van der Waals surface area contributed by atoms with Crippen LogP contribution < -0.4 is 5.32 Å². The minimum atomic E-state index is -1.00. The van der Waals surface area contributed by atoms with Crippen molar-refractivity contribution >= 4 is 17.7 Å². The molecule has 2 aliphatic rings. The minimum absolute atomic E-state index is 0.0917. The first-order valence-electron chi connectivity index (χ1n) is 13.4. The molecule has 0 bridgehead atoms. The zero-order chi connectivity index (χ0) is 27.5. The highest BCUT2D eigenvalue weighted by atomic mass is 16.5. The zero-order valence-corrected chi connectivity index (χ0v) is 21.8. The summed E-state index contributed by atoms with van der Waals surface area (Å²) >= 11 is 0. The van der Waals surface area contributed by atoms with Crippen molar-refractivity contribution in [3.05, 3.63) is 55.0 Å². The van der Waals surface area contributed by atoms with Crippen LogP contribution in [0.5, 0.6) is 0 Å². The normalized spacial score (nSPS) is 19.4.